The van der Waals surface area contributed by atoms with Crippen LogP contribution >= 0.6 is 19.0 Å². The molecule has 0 fully saturated rings. The third-order valence-corrected chi connectivity index (χ3v) is 10.8. The monoisotopic (exact) mass is 749 g/mol. The van der Waals surface area contributed by atoms with Crippen LogP contribution < -0.4 is 35.5 Å². The molecular weight excluding hydrogens is 709 g/mol. The minimum absolute atomic E-state index is 0.256. The summed E-state index contributed by atoms with van der Waals surface area (Å²) in [6, 6.07) is 23.0. The highest BCUT2D eigenvalue weighted by molar-refractivity contribution is 7.85. The first kappa shape index (κ1) is 37.6. The number of nitrogens with zero attached hydrogens (tertiary/aromatic N) is 1. The molecule has 11 nitrogen and oxygen atoms in total. The first-order chi connectivity index (χ1) is 24.2. The van der Waals surface area contributed by atoms with Crippen molar-refractivity contribution in [1.29, 1.82) is 0 Å². The van der Waals surface area contributed by atoms with E-state index in [0.29, 0.717) is 62.7 Å². The molecule has 0 saturated carbocycles. The molecule has 1 aromatic heterocycles. The standard InChI is InChI=1S/C37H41ClN5O6PS/c1-8-48-50(6,45)33-16-13-24(21-28(33)38)40-34-22-25(17-18-39-34)49-32-15-14-29(26-11-9-10-12-27(26)32)41-36(44)42-30-19-23(37(2,3)4)20-31(35(30)47-5)43-51(7)46/h9-22,43H,8H2,1-7H3,(H,39,40)(H2,41,42,44). The van der Waals surface area contributed by atoms with Gasteiger partial charge in [0, 0.05) is 41.6 Å². The lowest BCUT2D eigenvalue weighted by Gasteiger charge is -2.24. The number of amides is 2. The molecule has 5 aromatic rings. The Labute approximate surface area is 305 Å². The number of nitrogens with one attached hydrogen (secondary N) is 4. The van der Waals surface area contributed by atoms with Crippen molar-refractivity contribution in [1.82, 2.24) is 4.98 Å². The van der Waals surface area contributed by atoms with Gasteiger partial charge in [0.2, 0.25) is 7.37 Å². The summed E-state index contributed by atoms with van der Waals surface area (Å²) >= 11 is 6.47. The molecule has 4 N–H and O–H groups in total. The fraction of sp³-hybridized carbons (Fsp3) is 0.243. The van der Waals surface area contributed by atoms with E-state index >= 15 is 0 Å². The summed E-state index contributed by atoms with van der Waals surface area (Å²) in [6.45, 7) is 9.80. The number of carbonyl (C=O) groups excluding carboxylic acids is 1. The lowest BCUT2D eigenvalue weighted by atomic mass is 9.86. The molecule has 0 radical (unpaired) electrons. The second-order valence-corrected chi connectivity index (χ2v) is 16.6. The number of aromatic nitrogens is 1. The molecule has 5 rings (SSSR count). The molecule has 0 aliphatic heterocycles. The van der Waals surface area contributed by atoms with Gasteiger partial charge in [0.05, 0.1) is 41.1 Å². The van der Waals surface area contributed by atoms with Crippen LogP contribution in [0.2, 0.25) is 5.02 Å². The zero-order valence-electron chi connectivity index (χ0n) is 29.4. The number of methoxy groups -OCH3 is 1. The number of hydrogen-bond donors (Lipinski definition) is 4. The lowest BCUT2D eigenvalue weighted by Crippen LogP contribution is -2.21. The number of rotatable bonds is 12. The van der Waals surface area contributed by atoms with E-state index < -0.39 is 24.4 Å². The second-order valence-electron chi connectivity index (χ2n) is 12.7. The Kier molecular flexibility index (Phi) is 11.6. The number of fused-ring (bicyclic) bond motifs is 1. The summed E-state index contributed by atoms with van der Waals surface area (Å²) in [7, 11) is -2.90. The molecule has 51 heavy (non-hydrogen) atoms. The Morgan fingerprint density at radius 2 is 1.65 bits per heavy atom. The van der Waals surface area contributed by atoms with Gasteiger partial charge in [0.15, 0.2) is 5.75 Å². The number of halogens is 1. The fourth-order valence-electron chi connectivity index (χ4n) is 5.40. The average molecular weight is 750 g/mol. The molecule has 2 amide bonds. The van der Waals surface area contributed by atoms with E-state index in [0.717, 1.165) is 16.3 Å². The van der Waals surface area contributed by atoms with Crippen LogP contribution in [0.3, 0.4) is 0 Å². The molecule has 0 aliphatic carbocycles. The van der Waals surface area contributed by atoms with Crippen LogP contribution in [0.1, 0.15) is 33.3 Å². The van der Waals surface area contributed by atoms with Gasteiger partial charge in [0.25, 0.3) is 0 Å². The van der Waals surface area contributed by atoms with Crippen molar-refractivity contribution in [2.45, 2.75) is 33.1 Å². The Balaban J connectivity index is 1.36. The number of anilines is 5. The van der Waals surface area contributed by atoms with Gasteiger partial charge in [0.1, 0.15) is 28.3 Å². The molecule has 2 unspecified atom stereocenters. The summed E-state index contributed by atoms with van der Waals surface area (Å²) < 4.78 is 45.2. The number of hydrogen-bond acceptors (Lipinski definition) is 8. The number of benzene rings is 4. The zero-order chi connectivity index (χ0) is 36.9. The van der Waals surface area contributed by atoms with Gasteiger partial charge >= 0.3 is 6.03 Å². The van der Waals surface area contributed by atoms with E-state index in [1.54, 1.807) is 62.2 Å². The zero-order valence-corrected chi connectivity index (χ0v) is 31.9. The Hall–Kier alpha value is -4.61. The van der Waals surface area contributed by atoms with Crippen molar-refractivity contribution in [2.24, 2.45) is 0 Å². The molecular formula is C37H41ClN5O6PS. The van der Waals surface area contributed by atoms with Crippen molar-refractivity contribution in [3.63, 3.8) is 0 Å². The predicted molar refractivity (Wildman–Crippen MR) is 210 cm³/mol. The quantitative estimate of drug-likeness (QED) is 0.0925. The number of ether oxygens (including phenoxy) is 2. The van der Waals surface area contributed by atoms with Gasteiger partial charge in [-0.25, -0.2) is 14.0 Å². The van der Waals surface area contributed by atoms with E-state index in [2.05, 4.69) is 46.4 Å². The molecule has 14 heteroatoms. The molecule has 0 aliphatic rings. The molecule has 0 saturated heterocycles. The van der Waals surface area contributed by atoms with Gasteiger partial charge in [-0.15, -0.1) is 0 Å². The number of urea groups is 1. The summed E-state index contributed by atoms with van der Waals surface area (Å²) in [5, 5.41) is 11.4. The van der Waals surface area contributed by atoms with E-state index in [-0.39, 0.29) is 5.41 Å². The third-order valence-electron chi connectivity index (χ3n) is 7.79. The highest BCUT2D eigenvalue weighted by Crippen LogP contribution is 2.44. The van der Waals surface area contributed by atoms with Crippen LogP contribution in [0, 0.1) is 0 Å². The van der Waals surface area contributed by atoms with Gasteiger partial charge in [-0.05, 0) is 66.4 Å². The predicted octanol–water partition coefficient (Wildman–Crippen LogP) is 9.65. The van der Waals surface area contributed by atoms with Crippen LogP contribution in [-0.2, 0) is 25.5 Å². The first-order valence-electron chi connectivity index (χ1n) is 16.0. The summed E-state index contributed by atoms with van der Waals surface area (Å²) in [6.07, 6.45) is 3.15. The van der Waals surface area contributed by atoms with Crippen molar-refractivity contribution in [3.8, 4) is 17.2 Å². The maximum absolute atomic E-state index is 13.4. The molecule has 1 heterocycles. The van der Waals surface area contributed by atoms with Crippen LogP contribution in [0.4, 0.5) is 33.4 Å². The summed E-state index contributed by atoms with van der Waals surface area (Å²) in [5.41, 5.74) is 2.81. The summed E-state index contributed by atoms with van der Waals surface area (Å²) in [5.74, 6) is 1.96. The maximum atomic E-state index is 13.4. The van der Waals surface area contributed by atoms with Crippen molar-refractivity contribution < 1.29 is 27.6 Å². The lowest BCUT2D eigenvalue weighted by molar-refractivity contribution is 0.262. The fourth-order valence-corrected chi connectivity index (χ4v) is 7.93. The second kappa shape index (κ2) is 15.7. The van der Waals surface area contributed by atoms with Crippen molar-refractivity contribution in [3.05, 3.63) is 95.6 Å². The van der Waals surface area contributed by atoms with Crippen LogP contribution in [0.5, 0.6) is 17.2 Å². The van der Waals surface area contributed by atoms with E-state index in [9.17, 15) is 13.6 Å². The average Bonchev–Trinajstić information content (AvgIpc) is 3.05. The van der Waals surface area contributed by atoms with E-state index in [1.165, 1.54) is 13.4 Å². The van der Waals surface area contributed by atoms with E-state index in [4.69, 9.17) is 25.6 Å². The minimum Gasteiger partial charge on any atom is -0.492 e. The summed E-state index contributed by atoms with van der Waals surface area (Å²) in [4.78, 5) is 17.8. The van der Waals surface area contributed by atoms with E-state index in [1.807, 2.05) is 36.4 Å². The topological polar surface area (TPSA) is 140 Å². The number of pyridine rings is 1. The highest BCUT2D eigenvalue weighted by Gasteiger charge is 2.23. The molecule has 0 spiro atoms. The Morgan fingerprint density at radius 3 is 2.31 bits per heavy atom. The van der Waals surface area contributed by atoms with Crippen LogP contribution in [0.25, 0.3) is 10.8 Å². The Bertz CT molecular complexity index is 2160. The van der Waals surface area contributed by atoms with Gasteiger partial charge in [-0.2, -0.15) is 0 Å². The van der Waals surface area contributed by atoms with Gasteiger partial charge < -0.3 is 34.7 Å². The maximum Gasteiger partial charge on any atom is 0.323 e. The van der Waals surface area contributed by atoms with Gasteiger partial charge in [-0.3, -0.25) is 4.57 Å². The smallest absolute Gasteiger partial charge is 0.323 e. The normalized spacial score (nSPS) is 13.2. The molecule has 2 atom stereocenters. The van der Waals surface area contributed by atoms with Crippen molar-refractivity contribution >= 4 is 80.6 Å². The van der Waals surface area contributed by atoms with Crippen LogP contribution in [-0.4, -0.2) is 41.9 Å². The molecule has 268 valence electrons. The minimum atomic E-state index is -3.04. The van der Waals surface area contributed by atoms with Crippen molar-refractivity contribution in [2.75, 3.05) is 47.3 Å². The molecule has 4 aromatic carbocycles. The largest absolute Gasteiger partial charge is 0.492 e. The first-order valence-corrected chi connectivity index (χ1v) is 20.0. The SMILES string of the molecule is CCOP(C)(=O)c1ccc(Nc2cc(Oc3ccc(NC(=O)Nc4cc(C(C)(C)C)cc(NS(C)=O)c4OC)c4ccccc34)ccn2)cc1Cl. The number of carbonyl (C=O) groups is 1. The van der Waals surface area contributed by atoms with Gasteiger partial charge in [-0.1, -0.05) is 56.6 Å². The third kappa shape index (κ3) is 9.20. The Morgan fingerprint density at radius 1 is 0.941 bits per heavy atom. The molecule has 0 bridgehead atoms. The highest BCUT2D eigenvalue weighted by atomic mass is 35.5. The van der Waals surface area contributed by atoms with Crippen LogP contribution in [0.15, 0.2) is 85.1 Å².